The Balaban J connectivity index is 2.69. The van der Waals surface area contributed by atoms with Crippen LogP contribution in [0.2, 0.25) is 0 Å². The third-order valence-corrected chi connectivity index (χ3v) is 2.01. The van der Waals surface area contributed by atoms with E-state index in [0.29, 0.717) is 11.4 Å². The average Bonchev–Trinajstić information content (AvgIpc) is 2.35. The summed E-state index contributed by atoms with van der Waals surface area (Å²) in [6.07, 6.45) is 0. The largest absolute Gasteiger partial charge is 0.495 e. The number of anilines is 1. The van der Waals surface area contributed by atoms with Crippen LogP contribution in [0, 0.1) is 0 Å². The summed E-state index contributed by atoms with van der Waals surface area (Å²) in [4.78, 5) is 22.3. The van der Waals surface area contributed by atoms with Crippen molar-refractivity contribution in [3.63, 3.8) is 0 Å². The van der Waals surface area contributed by atoms with Gasteiger partial charge >= 0.3 is 11.9 Å². The molecule has 0 fully saturated rings. The smallest absolute Gasteiger partial charge is 0.344 e. The number of carbonyl (C=O) groups excluding carboxylic acids is 2. The molecule has 0 saturated heterocycles. The molecule has 0 aromatic heterocycles. The van der Waals surface area contributed by atoms with Gasteiger partial charge in [-0.15, -0.1) is 0 Å². The molecule has 1 aromatic rings. The predicted octanol–water partition coefficient (Wildman–Crippen LogP) is 0.607. The Morgan fingerprint density at radius 2 is 2.00 bits per heavy atom. The first-order valence-corrected chi connectivity index (χ1v) is 4.76. The molecule has 0 heterocycles. The second-order valence-electron chi connectivity index (χ2n) is 3.11. The number of methoxy groups -OCH3 is 2. The van der Waals surface area contributed by atoms with Crippen LogP contribution in [-0.4, -0.2) is 32.8 Å². The summed E-state index contributed by atoms with van der Waals surface area (Å²) in [6, 6.07) is 4.46. The standard InChI is InChI=1S/C11H13NO5/c1-15-9-4-3-7(5-8(9)12)11(14)17-6-10(13)16-2/h3-5H,6,12H2,1-2H3. The van der Waals surface area contributed by atoms with Gasteiger partial charge in [-0.1, -0.05) is 0 Å². The fraction of sp³-hybridized carbons (Fsp3) is 0.273. The zero-order valence-corrected chi connectivity index (χ0v) is 9.56. The van der Waals surface area contributed by atoms with Gasteiger partial charge < -0.3 is 19.9 Å². The SMILES string of the molecule is COC(=O)COC(=O)c1ccc(OC)c(N)c1. The van der Waals surface area contributed by atoms with Crippen LogP contribution in [0.1, 0.15) is 10.4 Å². The third-order valence-electron chi connectivity index (χ3n) is 2.01. The minimum absolute atomic E-state index is 0.243. The molecule has 0 bridgehead atoms. The molecule has 0 atom stereocenters. The molecule has 2 N–H and O–H groups in total. The van der Waals surface area contributed by atoms with E-state index in [-0.39, 0.29) is 5.56 Å². The number of hydrogen-bond acceptors (Lipinski definition) is 6. The van der Waals surface area contributed by atoms with Crippen LogP contribution < -0.4 is 10.5 Å². The maximum Gasteiger partial charge on any atom is 0.344 e. The van der Waals surface area contributed by atoms with Crippen LogP contribution in [0.5, 0.6) is 5.75 Å². The topological polar surface area (TPSA) is 87.8 Å². The van der Waals surface area contributed by atoms with Gasteiger partial charge in [0.15, 0.2) is 6.61 Å². The Labute approximate surface area is 98.3 Å². The average molecular weight is 239 g/mol. The second-order valence-corrected chi connectivity index (χ2v) is 3.11. The van der Waals surface area contributed by atoms with Crippen molar-refractivity contribution in [2.75, 3.05) is 26.6 Å². The van der Waals surface area contributed by atoms with Crippen molar-refractivity contribution in [1.82, 2.24) is 0 Å². The summed E-state index contributed by atoms with van der Waals surface area (Å²) < 4.78 is 14.0. The molecule has 6 heteroatoms. The van der Waals surface area contributed by atoms with E-state index in [1.807, 2.05) is 0 Å². The van der Waals surface area contributed by atoms with Crippen molar-refractivity contribution >= 4 is 17.6 Å². The van der Waals surface area contributed by atoms with E-state index in [0.717, 1.165) is 0 Å². The van der Waals surface area contributed by atoms with Crippen molar-refractivity contribution in [2.45, 2.75) is 0 Å². The minimum atomic E-state index is -0.648. The molecule has 6 nitrogen and oxygen atoms in total. The van der Waals surface area contributed by atoms with Crippen molar-refractivity contribution in [1.29, 1.82) is 0 Å². The molecule has 0 unspecified atom stereocenters. The lowest BCUT2D eigenvalue weighted by Crippen LogP contribution is -2.15. The molecular formula is C11H13NO5. The minimum Gasteiger partial charge on any atom is -0.495 e. The highest BCUT2D eigenvalue weighted by atomic mass is 16.6. The van der Waals surface area contributed by atoms with Crippen molar-refractivity contribution in [2.24, 2.45) is 0 Å². The number of carbonyl (C=O) groups is 2. The van der Waals surface area contributed by atoms with Crippen LogP contribution in [0.25, 0.3) is 0 Å². The van der Waals surface area contributed by atoms with Gasteiger partial charge in [0.05, 0.1) is 25.5 Å². The Morgan fingerprint density at radius 3 is 2.53 bits per heavy atom. The summed E-state index contributed by atoms with van der Waals surface area (Å²) in [7, 11) is 2.68. The van der Waals surface area contributed by atoms with Crippen molar-refractivity contribution in [3.05, 3.63) is 23.8 Å². The molecule has 1 aromatic carbocycles. The van der Waals surface area contributed by atoms with Gasteiger partial charge in [-0.3, -0.25) is 0 Å². The van der Waals surface area contributed by atoms with E-state index in [2.05, 4.69) is 4.74 Å². The van der Waals surface area contributed by atoms with Gasteiger partial charge in [0.2, 0.25) is 0 Å². The van der Waals surface area contributed by atoms with Gasteiger partial charge in [-0.2, -0.15) is 0 Å². The van der Waals surface area contributed by atoms with E-state index in [1.54, 1.807) is 6.07 Å². The van der Waals surface area contributed by atoms with Gasteiger partial charge in [-0.05, 0) is 18.2 Å². The summed E-state index contributed by atoms with van der Waals surface area (Å²) in [5.41, 5.74) is 6.19. The molecule has 17 heavy (non-hydrogen) atoms. The number of nitrogen functional groups attached to an aromatic ring is 1. The molecule has 0 saturated carbocycles. The monoisotopic (exact) mass is 239 g/mol. The number of nitrogens with two attached hydrogens (primary N) is 1. The lowest BCUT2D eigenvalue weighted by atomic mass is 10.2. The zero-order chi connectivity index (χ0) is 12.8. The van der Waals surface area contributed by atoms with Crippen molar-refractivity contribution in [3.8, 4) is 5.75 Å². The summed E-state index contributed by atoms with van der Waals surface area (Å²) in [5.74, 6) is -0.806. The molecule has 0 aliphatic carbocycles. The molecule has 0 spiro atoms. The Hall–Kier alpha value is -2.24. The van der Waals surface area contributed by atoms with Crippen LogP contribution >= 0.6 is 0 Å². The summed E-state index contributed by atoms with van der Waals surface area (Å²) in [5, 5.41) is 0. The van der Waals surface area contributed by atoms with E-state index < -0.39 is 18.5 Å². The fourth-order valence-electron chi connectivity index (χ4n) is 1.13. The Bertz CT molecular complexity index is 430. The Morgan fingerprint density at radius 1 is 1.29 bits per heavy atom. The lowest BCUT2D eigenvalue weighted by Gasteiger charge is -2.07. The first-order chi connectivity index (χ1) is 8.08. The molecule has 92 valence electrons. The van der Waals surface area contributed by atoms with Gasteiger partial charge in [0.1, 0.15) is 5.75 Å². The number of rotatable bonds is 4. The first kappa shape index (κ1) is 12.8. The number of hydrogen-bond donors (Lipinski definition) is 1. The second kappa shape index (κ2) is 5.74. The van der Waals surface area contributed by atoms with E-state index in [4.69, 9.17) is 15.2 Å². The quantitative estimate of drug-likeness (QED) is 0.611. The fourth-order valence-corrected chi connectivity index (χ4v) is 1.13. The maximum atomic E-state index is 11.5. The lowest BCUT2D eigenvalue weighted by molar-refractivity contribution is -0.144. The number of benzene rings is 1. The molecule has 0 radical (unpaired) electrons. The summed E-state index contributed by atoms with van der Waals surface area (Å²) >= 11 is 0. The van der Waals surface area contributed by atoms with Gasteiger partial charge in [0, 0.05) is 0 Å². The third kappa shape index (κ3) is 3.37. The van der Waals surface area contributed by atoms with E-state index in [9.17, 15) is 9.59 Å². The molecule has 0 amide bonds. The van der Waals surface area contributed by atoms with E-state index >= 15 is 0 Å². The van der Waals surface area contributed by atoms with Crippen LogP contribution in [-0.2, 0) is 14.3 Å². The van der Waals surface area contributed by atoms with Crippen molar-refractivity contribution < 1.29 is 23.8 Å². The maximum absolute atomic E-state index is 11.5. The van der Waals surface area contributed by atoms with Gasteiger partial charge in [0.25, 0.3) is 0 Å². The highest BCUT2D eigenvalue weighted by Gasteiger charge is 2.11. The number of ether oxygens (including phenoxy) is 3. The van der Waals surface area contributed by atoms with Crippen LogP contribution in [0.3, 0.4) is 0 Å². The van der Waals surface area contributed by atoms with Gasteiger partial charge in [-0.25, -0.2) is 9.59 Å². The zero-order valence-electron chi connectivity index (χ0n) is 9.56. The molecule has 0 aliphatic heterocycles. The first-order valence-electron chi connectivity index (χ1n) is 4.76. The summed E-state index contributed by atoms with van der Waals surface area (Å²) in [6.45, 7) is -0.429. The van der Waals surface area contributed by atoms with Crippen LogP contribution in [0.15, 0.2) is 18.2 Å². The van der Waals surface area contributed by atoms with E-state index in [1.165, 1.54) is 26.4 Å². The predicted molar refractivity (Wildman–Crippen MR) is 59.7 cm³/mol. The molecule has 0 aliphatic rings. The molecular weight excluding hydrogens is 226 g/mol. The highest BCUT2D eigenvalue weighted by molar-refractivity contribution is 5.92. The Kier molecular flexibility index (Phi) is 4.33. The highest BCUT2D eigenvalue weighted by Crippen LogP contribution is 2.22. The van der Waals surface area contributed by atoms with Crippen LogP contribution in [0.4, 0.5) is 5.69 Å². The number of esters is 2. The normalized spacial score (nSPS) is 9.53. The molecule has 1 rings (SSSR count).